The zero-order valence-electron chi connectivity index (χ0n) is 11.4. The summed E-state index contributed by atoms with van der Waals surface area (Å²) in [4.78, 5) is 22.5. The summed E-state index contributed by atoms with van der Waals surface area (Å²) < 4.78 is 10.4. The van der Waals surface area contributed by atoms with Gasteiger partial charge >= 0.3 is 0 Å². The van der Waals surface area contributed by atoms with Crippen molar-refractivity contribution in [2.24, 2.45) is 0 Å². The van der Waals surface area contributed by atoms with Gasteiger partial charge in [0.15, 0.2) is 12.9 Å². The maximum absolute atomic E-state index is 11.6. The monoisotopic (exact) mass is 265 g/mol. The molecule has 1 N–H and O–H groups in total. The van der Waals surface area contributed by atoms with Crippen LogP contribution in [-0.4, -0.2) is 32.0 Å². The van der Waals surface area contributed by atoms with Gasteiger partial charge in [0, 0.05) is 12.1 Å². The maximum Gasteiger partial charge on any atom is 0.258 e. The minimum absolute atomic E-state index is 0.104. The van der Waals surface area contributed by atoms with Crippen molar-refractivity contribution in [3.63, 3.8) is 0 Å². The Morgan fingerprint density at radius 2 is 2.21 bits per heavy atom. The van der Waals surface area contributed by atoms with E-state index in [0.29, 0.717) is 23.3 Å². The van der Waals surface area contributed by atoms with E-state index in [9.17, 15) is 9.59 Å². The van der Waals surface area contributed by atoms with Crippen LogP contribution in [-0.2, 0) is 4.79 Å². The van der Waals surface area contributed by atoms with E-state index in [1.807, 2.05) is 13.8 Å². The summed E-state index contributed by atoms with van der Waals surface area (Å²) in [6.45, 7) is 3.77. The molecule has 1 rings (SSSR count). The Morgan fingerprint density at radius 3 is 2.79 bits per heavy atom. The van der Waals surface area contributed by atoms with Crippen molar-refractivity contribution in [3.05, 3.63) is 23.8 Å². The average molecular weight is 265 g/mol. The SMILES string of the molecule is CCC(C)NC(=O)COc1cc(OC)ccc1C=O. The van der Waals surface area contributed by atoms with Crippen LogP contribution in [0.5, 0.6) is 11.5 Å². The van der Waals surface area contributed by atoms with Crippen molar-refractivity contribution in [3.8, 4) is 11.5 Å². The number of amides is 1. The Hall–Kier alpha value is -2.04. The van der Waals surface area contributed by atoms with Crippen LogP contribution < -0.4 is 14.8 Å². The molecule has 0 saturated carbocycles. The van der Waals surface area contributed by atoms with E-state index >= 15 is 0 Å². The molecule has 0 spiro atoms. The molecule has 0 bridgehead atoms. The summed E-state index contributed by atoms with van der Waals surface area (Å²) >= 11 is 0. The molecular weight excluding hydrogens is 246 g/mol. The highest BCUT2D eigenvalue weighted by Crippen LogP contribution is 2.23. The van der Waals surface area contributed by atoms with Gasteiger partial charge in [-0.15, -0.1) is 0 Å². The number of nitrogens with one attached hydrogen (secondary N) is 1. The van der Waals surface area contributed by atoms with Crippen LogP contribution in [0.25, 0.3) is 0 Å². The molecule has 19 heavy (non-hydrogen) atoms. The molecule has 0 aliphatic rings. The van der Waals surface area contributed by atoms with Crippen LogP contribution in [0.4, 0.5) is 0 Å². The Kier molecular flexibility index (Phi) is 5.85. The van der Waals surface area contributed by atoms with Crippen LogP contribution >= 0.6 is 0 Å². The first kappa shape index (κ1) is 15.0. The number of ether oxygens (including phenoxy) is 2. The van der Waals surface area contributed by atoms with Crippen LogP contribution in [0, 0.1) is 0 Å². The quantitative estimate of drug-likeness (QED) is 0.763. The molecule has 1 unspecified atom stereocenters. The molecule has 1 atom stereocenters. The van der Waals surface area contributed by atoms with Crippen molar-refractivity contribution in [1.82, 2.24) is 5.32 Å². The van der Waals surface area contributed by atoms with Gasteiger partial charge in [0.05, 0.1) is 12.7 Å². The summed E-state index contributed by atoms with van der Waals surface area (Å²) in [6, 6.07) is 4.94. The fourth-order valence-electron chi connectivity index (χ4n) is 1.43. The number of hydrogen-bond acceptors (Lipinski definition) is 4. The number of aldehydes is 1. The third kappa shape index (κ3) is 4.62. The third-order valence-corrected chi connectivity index (χ3v) is 2.73. The third-order valence-electron chi connectivity index (χ3n) is 2.73. The molecule has 1 amide bonds. The second-order valence-electron chi connectivity index (χ2n) is 4.19. The lowest BCUT2D eigenvalue weighted by Gasteiger charge is -2.13. The Bertz CT molecular complexity index is 445. The van der Waals surface area contributed by atoms with E-state index in [2.05, 4.69) is 5.32 Å². The normalized spacial score (nSPS) is 11.5. The molecule has 1 aromatic rings. The van der Waals surface area contributed by atoms with E-state index in [4.69, 9.17) is 9.47 Å². The van der Waals surface area contributed by atoms with Gasteiger partial charge in [-0.1, -0.05) is 6.92 Å². The van der Waals surface area contributed by atoms with Gasteiger partial charge in [-0.3, -0.25) is 9.59 Å². The van der Waals surface area contributed by atoms with E-state index < -0.39 is 0 Å². The molecule has 0 saturated heterocycles. The molecule has 0 aromatic heterocycles. The minimum atomic E-state index is -0.214. The number of benzene rings is 1. The Morgan fingerprint density at radius 1 is 1.47 bits per heavy atom. The van der Waals surface area contributed by atoms with Crippen molar-refractivity contribution in [2.45, 2.75) is 26.3 Å². The summed E-state index contributed by atoms with van der Waals surface area (Å²) in [6.07, 6.45) is 1.53. The van der Waals surface area contributed by atoms with Gasteiger partial charge in [0.1, 0.15) is 11.5 Å². The number of rotatable bonds is 7. The highest BCUT2D eigenvalue weighted by Gasteiger charge is 2.09. The Labute approximate surface area is 112 Å². The van der Waals surface area contributed by atoms with Crippen molar-refractivity contribution < 1.29 is 19.1 Å². The lowest BCUT2D eigenvalue weighted by atomic mass is 10.2. The topological polar surface area (TPSA) is 64.6 Å². The molecule has 0 heterocycles. The number of hydrogen-bond donors (Lipinski definition) is 1. The van der Waals surface area contributed by atoms with Crippen LogP contribution in [0.15, 0.2) is 18.2 Å². The van der Waals surface area contributed by atoms with Gasteiger partial charge in [-0.25, -0.2) is 0 Å². The highest BCUT2D eigenvalue weighted by atomic mass is 16.5. The van der Waals surface area contributed by atoms with Crippen LogP contribution in [0.1, 0.15) is 30.6 Å². The second-order valence-corrected chi connectivity index (χ2v) is 4.19. The first-order chi connectivity index (χ1) is 9.10. The van der Waals surface area contributed by atoms with Crippen LogP contribution in [0.2, 0.25) is 0 Å². The van der Waals surface area contributed by atoms with Gasteiger partial charge in [0.25, 0.3) is 5.91 Å². The van der Waals surface area contributed by atoms with Crippen molar-refractivity contribution in [2.75, 3.05) is 13.7 Å². The minimum Gasteiger partial charge on any atom is -0.497 e. The fraction of sp³-hybridized carbons (Fsp3) is 0.429. The first-order valence-electron chi connectivity index (χ1n) is 6.16. The molecule has 0 aliphatic carbocycles. The summed E-state index contributed by atoms with van der Waals surface area (Å²) in [5.74, 6) is 0.700. The van der Waals surface area contributed by atoms with E-state index in [1.54, 1.807) is 18.2 Å². The summed E-state index contributed by atoms with van der Waals surface area (Å²) in [5, 5.41) is 2.78. The number of carbonyl (C=O) groups excluding carboxylic acids is 2. The second kappa shape index (κ2) is 7.41. The smallest absolute Gasteiger partial charge is 0.258 e. The van der Waals surface area contributed by atoms with Gasteiger partial charge in [-0.2, -0.15) is 0 Å². The molecule has 0 radical (unpaired) electrons. The van der Waals surface area contributed by atoms with Crippen molar-refractivity contribution in [1.29, 1.82) is 0 Å². The molecule has 0 aliphatic heterocycles. The largest absolute Gasteiger partial charge is 0.497 e. The molecule has 0 fully saturated rings. The molecule has 5 heteroatoms. The van der Waals surface area contributed by atoms with E-state index in [0.717, 1.165) is 6.42 Å². The first-order valence-corrected chi connectivity index (χ1v) is 6.16. The fourth-order valence-corrected chi connectivity index (χ4v) is 1.43. The molecule has 104 valence electrons. The molecule has 1 aromatic carbocycles. The summed E-state index contributed by atoms with van der Waals surface area (Å²) in [5.41, 5.74) is 0.386. The average Bonchev–Trinajstić information content (AvgIpc) is 2.44. The predicted molar refractivity (Wildman–Crippen MR) is 71.8 cm³/mol. The van der Waals surface area contributed by atoms with Gasteiger partial charge in [-0.05, 0) is 25.5 Å². The number of carbonyl (C=O) groups is 2. The Balaban J connectivity index is 2.65. The van der Waals surface area contributed by atoms with Crippen LogP contribution in [0.3, 0.4) is 0 Å². The van der Waals surface area contributed by atoms with Gasteiger partial charge < -0.3 is 14.8 Å². The molecular formula is C14H19NO4. The molecule has 5 nitrogen and oxygen atoms in total. The maximum atomic E-state index is 11.6. The van der Waals surface area contributed by atoms with E-state index in [-0.39, 0.29) is 18.6 Å². The lowest BCUT2D eigenvalue weighted by Crippen LogP contribution is -2.35. The van der Waals surface area contributed by atoms with Gasteiger partial charge in [0.2, 0.25) is 0 Å². The zero-order valence-corrected chi connectivity index (χ0v) is 11.4. The summed E-state index contributed by atoms with van der Waals surface area (Å²) in [7, 11) is 1.52. The number of methoxy groups -OCH3 is 1. The van der Waals surface area contributed by atoms with E-state index in [1.165, 1.54) is 7.11 Å². The highest BCUT2D eigenvalue weighted by molar-refractivity contribution is 5.81. The van der Waals surface area contributed by atoms with Crippen molar-refractivity contribution >= 4 is 12.2 Å². The zero-order chi connectivity index (χ0) is 14.3. The standard InChI is InChI=1S/C14H19NO4/c1-4-10(2)15-14(17)9-19-13-7-12(18-3)6-5-11(13)8-16/h5-8,10H,4,9H2,1-3H3,(H,15,17). The predicted octanol–water partition coefficient (Wildman–Crippen LogP) is 1.80. The lowest BCUT2D eigenvalue weighted by molar-refractivity contribution is -0.123.